The van der Waals surface area contributed by atoms with E-state index in [0.717, 1.165) is 12.1 Å². The molecule has 4 N–H and O–H groups in total. The Morgan fingerprint density at radius 1 is 1.44 bits per heavy atom. The van der Waals surface area contributed by atoms with Crippen molar-refractivity contribution in [1.82, 2.24) is 0 Å². The Morgan fingerprint density at radius 2 is 2.19 bits per heavy atom. The Balaban J connectivity index is 2.69. The third-order valence-corrected chi connectivity index (χ3v) is 2.37. The number of anilines is 2. The van der Waals surface area contributed by atoms with Crippen molar-refractivity contribution in [2.45, 2.75) is 26.4 Å². The van der Waals surface area contributed by atoms with Gasteiger partial charge in [-0.25, -0.2) is 0 Å². The number of para-hydroxylation sites is 1. The first-order chi connectivity index (χ1) is 7.69. The molecule has 0 saturated carbocycles. The summed E-state index contributed by atoms with van der Waals surface area (Å²) in [4.78, 5) is 0. The van der Waals surface area contributed by atoms with E-state index in [1.165, 1.54) is 0 Å². The van der Waals surface area contributed by atoms with Crippen LogP contribution in [-0.2, 0) is 0 Å². The summed E-state index contributed by atoms with van der Waals surface area (Å²) < 4.78 is 5.38. The fraction of sp³-hybridized carbons (Fsp3) is 0.500. The Bertz CT molecular complexity index is 329. The van der Waals surface area contributed by atoms with E-state index in [9.17, 15) is 5.11 Å². The number of hydrogen-bond donors (Lipinski definition) is 3. The Morgan fingerprint density at radius 3 is 2.81 bits per heavy atom. The Kier molecular flexibility index (Phi) is 4.92. The molecule has 1 aromatic carbocycles. The topological polar surface area (TPSA) is 67.5 Å². The summed E-state index contributed by atoms with van der Waals surface area (Å²) in [6.07, 6.45) is 0.369. The van der Waals surface area contributed by atoms with Crippen LogP contribution in [0.2, 0.25) is 0 Å². The molecule has 0 aliphatic heterocycles. The molecule has 0 fully saturated rings. The number of rotatable bonds is 6. The molecule has 16 heavy (non-hydrogen) atoms. The van der Waals surface area contributed by atoms with Crippen molar-refractivity contribution < 1.29 is 9.84 Å². The molecule has 4 nitrogen and oxygen atoms in total. The summed E-state index contributed by atoms with van der Waals surface area (Å²) in [6, 6.07) is 5.59. The average molecular weight is 224 g/mol. The second-order valence-electron chi connectivity index (χ2n) is 3.59. The number of aliphatic hydroxyl groups is 1. The van der Waals surface area contributed by atoms with Crippen LogP contribution in [0.25, 0.3) is 0 Å². The molecule has 4 heteroatoms. The molecule has 0 spiro atoms. The molecule has 1 atom stereocenters. The van der Waals surface area contributed by atoms with Gasteiger partial charge >= 0.3 is 0 Å². The van der Waals surface area contributed by atoms with Crippen molar-refractivity contribution in [2.24, 2.45) is 0 Å². The van der Waals surface area contributed by atoms with Crippen LogP contribution in [0.5, 0.6) is 5.75 Å². The summed E-state index contributed by atoms with van der Waals surface area (Å²) in [6.45, 7) is 4.94. The first kappa shape index (κ1) is 12.6. The highest BCUT2D eigenvalue weighted by atomic mass is 16.5. The van der Waals surface area contributed by atoms with Crippen molar-refractivity contribution in [3.8, 4) is 5.75 Å². The van der Waals surface area contributed by atoms with E-state index in [4.69, 9.17) is 10.5 Å². The van der Waals surface area contributed by atoms with E-state index in [1.54, 1.807) is 0 Å². The lowest BCUT2D eigenvalue weighted by molar-refractivity contribution is 0.183. The number of ether oxygens (including phenoxy) is 1. The fourth-order valence-corrected chi connectivity index (χ4v) is 1.35. The number of nitrogen functional groups attached to an aromatic ring is 1. The molecular formula is C12H20N2O2. The van der Waals surface area contributed by atoms with Crippen molar-refractivity contribution in [3.63, 3.8) is 0 Å². The highest BCUT2D eigenvalue weighted by molar-refractivity contribution is 5.72. The molecule has 0 aliphatic rings. The van der Waals surface area contributed by atoms with Crippen LogP contribution in [0.4, 0.5) is 11.4 Å². The molecule has 0 radical (unpaired) electrons. The summed E-state index contributed by atoms with van der Waals surface area (Å²) in [5.41, 5.74) is 7.32. The molecule has 0 saturated heterocycles. The predicted octanol–water partition coefficient (Wildman–Crippen LogP) is 1.85. The maximum atomic E-state index is 9.45. The monoisotopic (exact) mass is 224 g/mol. The SMILES string of the molecule is CCOc1cccc(NCC(O)CC)c1N. The molecule has 0 aliphatic carbocycles. The quantitative estimate of drug-likeness (QED) is 0.645. The number of benzene rings is 1. The highest BCUT2D eigenvalue weighted by Crippen LogP contribution is 2.29. The maximum absolute atomic E-state index is 9.45. The zero-order valence-corrected chi connectivity index (χ0v) is 9.86. The van der Waals surface area contributed by atoms with Crippen LogP contribution in [0.1, 0.15) is 20.3 Å². The van der Waals surface area contributed by atoms with Gasteiger partial charge in [-0.3, -0.25) is 0 Å². The molecule has 0 bridgehead atoms. The van der Waals surface area contributed by atoms with Gasteiger partial charge in [0.15, 0.2) is 0 Å². The molecule has 1 rings (SSSR count). The zero-order valence-electron chi connectivity index (χ0n) is 9.86. The van der Waals surface area contributed by atoms with Gasteiger partial charge in [-0.1, -0.05) is 13.0 Å². The second-order valence-corrected chi connectivity index (χ2v) is 3.59. The first-order valence-corrected chi connectivity index (χ1v) is 5.62. The lowest BCUT2D eigenvalue weighted by atomic mass is 10.2. The molecule has 90 valence electrons. The Hall–Kier alpha value is -1.42. The summed E-state index contributed by atoms with van der Waals surface area (Å²) in [7, 11) is 0. The number of nitrogens with one attached hydrogen (secondary N) is 1. The maximum Gasteiger partial charge on any atom is 0.144 e. The van der Waals surface area contributed by atoms with E-state index in [1.807, 2.05) is 32.0 Å². The lowest BCUT2D eigenvalue weighted by Crippen LogP contribution is -2.18. The number of aliphatic hydroxyl groups excluding tert-OH is 1. The van der Waals surface area contributed by atoms with Crippen LogP contribution < -0.4 is 15.8 Å². The van der Waals surface area contributed by atoms with Crippen LogP contribution in [0, 0.1) is 0 Å². The highest BCUT2D eigenvalue weighted by Gasteiger charge is 2.06. The standard InChI is InChI=1S/C12H20N2O2/c1-3-9(15)8-14-10-6-5-7-11(12(10)13)16-4-2/h5-7,9,14-15H,3-4,8,13H2,1-2H3. The summed E-state index contributed by atoms with van der Waals surface area (Å²) >= 11 is 0. The molecular weight excluding hydrogens is 204 g/mol. The van der Waals surface area contributed by atoms with Gasteiger partial charge in [-0.05, 0) is 25.5 Å². The van der Waals surface area contributed by atoms with Crippen molar-refractivity contribution in [1.29, 1.82) is 0 Å². The minimum atomic E-state index is -0.352. The molecule has 0 aromatic heterocycles. The van der Waals surface area contributed by atoms with Gasteiger partial charge in [0.2, 0.25) is 0 Å². The van der Waals surface area contributed by atoms with E-state index >= 15 is 0 Å². The van der Waals surface area contributed by atoms with Crippen LogP contribution in [0.15, 0.2) is 18.2 Å². The summed E-state index contributed by atoms with van der Waals surface area (Å²) in [5, 5.41) is 12.6. The zero-order chi connectivity index (χ0) is 12.0. The van der Waals surface area contributed by atoms with Gasteiger partial charge < -0.3 is 20.9 Å². The normalized spacial score (nSPS) is 12.2. The van der Waals surface area contributed by atoms with Crippen molar-refractivity contribution in [3.05, 3.63) is 18.2 Å². The minimum absolute atomic E-state index is 0.352. The largest absolute Gasteiger partial charge is 0.492 e. The first-order valence-electron chi connectivity index (χ1n) is 5.62. The predicted molar refractivity (Wildman–Crippen MR) is 66.8 cm³/mol. The molecule has 0 amide bonds. The molecule has 0 heterocycles. The van der Waals surface area contributed by atoms with Gasteiger partial charge in [-0.2, -0.15) is 0 Å². The summed E-state index contributed by atoms with van der Waals surface area (Å²) in [5.74, 6) is 0.679. The third-order valence-electron chi connectivity index (χ3n) is 2.37. The minimum Gasteiger partial charge on any atom is -0.492 e. The van der Waals surface area contributed by atoms with Gasteiger partial charge in [0.1, 0.15) is 5.75 Å². The molecule has 1 unspecified atom stereocenters. The van der Waals surface area contributed by atoms with Crippen molar-refractivity contribution >= 4 is 11.4 Å². The van der Waals surface area contributed by atoms with Crippen molar-refractivity contribution in [2.75, 3.05) is 24.2 Å². The van der Waals surface area contributed by atoms with Gasteiger partial charge in [0.25, 0.3) is 0 Å². The molecule has 1 aromatic rings. The van der Waals surface area contributed by atoms with Gasteiger partial charge in [0.05, 0.1) is 24.1 Å². The van der Waals surface area contributed by atoms with Crippen LogP contribution >= 0.6 is 0 Å². The van der Waals surface area contributed by atoms with Gasteiger partial charge in [0, 0.05) is 6.54 Å². The van der Waals surface area contributed by atoms with Gasteiger partial charge in [-0.15, -0.1) is 0 Å². The fourth-order valence-electron chi connectivity index (χ4n) is 1.35. The van der Waals surface area contributed by atoms with E-state index < -0.39 is 0 Å². The van der Waals surface area contributed by atoms with E-state index in [2.05, 4.69) is 5.32 Å². The Labute approximate surface area is 96.4 Å². The number of nitrogens with two attached hydrogens (primary N) is 1. The second kappa shape index (κ2) is 6.23. The lowest BCUT2D eigenvalue weighted by Gasteiger charge is -2.14. The van der Waals surface area contributed by atoms with Crippen LogP contribution in [0.3, 0.4) is 0 Å². The smallest absolute Gasteiger partial charge is 0.144 e. The van der Waals surface area contributed by atoms with E-state index in [-0.39, 0.29) is 6.10 Å². The van der Waals surface area contributed by atoms with E-state index in [0.29, 0.717) is 24.6 Å². The third kappa shape index (κ3) is 3.31. The average Bonchev–Trinajstić information content (AvgIpc) is 2.30. The number of hydrogen-bond acceptors (Lipinski definition) is 4. The van der Waals surface area contributed by atoms with Crippen LogP contribution in [-0.4, -0.2) is 24.4 Å².